The molecule has 3 rings (SSSR count). The van der Waals surface area contributed by atoms with Gasteiger partial charge in [0, 0.05) is 6.92 Å². The van der Waals surface area contributed by atoms with E-state index in [-0.39, 0.29) is 24.3 Å². The van der Waals surface area contributed by atoms with Crippen LogP contribution in [0.2, 0.25) is 0 Å². The molecule has 1 aromatic heterocycles. The van der Waals surface area contributed by atoms with Gasteiger partial charge in [-0.05, 0) is 24.6 Å². The Morgan fingerprint density at radius 1 is 1.12 bits per heavy atom. The monoisotopic (exact) mass is 336 g/mol. The first-order valence-corrected chi connectivity index (χ1v) is 8.09. The fourth-order valence-electron chi connectivity index (χ4n) is 2.68. The minimum absolute atomic E-state index is 0.125. The van der Waals surface area contributed by atoms with Crippen molar-refractivity contribution in [3.05, 3.63) is 59.7 Å². The van der Waals surface area contributed by atoms with Crippen LogP contribution in [0.1, 0.15) is 30.5 Å². The van der Waals surface area contributed by atoms with Gasteiger partial charge in [0.15, 0.2) is 0 Å². The summed E-state index contributed by atoms with van der Waals surface area (Å²) in [6, 6.07) is 14.9. The van der Waals surface area contributed by atoms with Crippen molar-refractivity contribution in [1.82, 2.24) is 15.3 Å². The second-order valence-electron chi connectivity index (χ2n) is 6.02. The van der Waals surface area contributed by atoms with Gasteiger partial charge in [0.1, 0.15) is 0 Å². The Labute approximate surface area is 145 Å². The molecule has 0 spiro atoms. The third-order valence-electron chi connectivity index (χ3n) is 3.89. The zero-order valence-corrected chi connectivity index (χ0v) is 14.2. The number of H-pyrrole nitrogens is 1. The molecule has 128 valence electrons. The molecular formula is C19H20N4O2. The molecule has 1 atom stereocenters. The number of carbonyl (C=O) groups is 2. The number of nitrogens with zero attached hydrogens (tertiary/aromatic N) is 1. The summed E-state index contributed by atoms with van der Waals surface area (Å²) in [6.07, 6.45) is 0.125. The number of hydrogen-bond acceptors (Lipinski definition) is 3. The minimum atomic E-state index is -0.387. The number of amides is 2. The van der Waals surface area contributed by atoms with Crippen LogP contribution in [0, 0.1) is 6.92 Å². The molecule has 6 nitrogen and oxygen atoms in total. The molecule has 0 aliphatic carbocycles. The molecule has 2 aromatic carbocycles. The highest BCUT2D eigenvalue weighted by Gasteiger charge is 2.18. The number of aromatic nitrogens is 2. The Bertz CT molecular complexity index is 866. The van der Waals surface area contributed by atoms with Crippen LogP contribution in [-0.2, 0) is 9.59 Å². The topological polar surface area (TPSA) is 86.9 Å². The van der Waals surface area contributed by atoms with Crippen molar-refractivity contribution in [1.29, 1.82) is 0 Å². The number of fused-ring (bicyclic) bond motifs is 1. The van der Waals surface area contributed by atoms with Crippen LogP contribution < -0.4 is 10.6 Å². The van der Waals surface area contributed by atoms with Gasteiger partial charge in [0.2, 0.25) is 17.8 Å². The van der Waals surface area contributed by atoms with E-state index in [0.29, 0.717) is 5.95 Å². The highest BCUT2D eigenvalue weighted by molar-refractivity contribution is 5.91. The standard InChI is InChI=1S/C19H20N4O2/c1-12-7-9-14(10-8-12)17(20-13(2)24)11-18(25)23-19-21-15-5-3-4-6-16(15)22-19/h3-10,17H,11H2,1-2H3,(H,20,24)(H2,21,22,23,25). The smallest absolute Gasteiger partial charge is 0.229 e. The molecule has 2 amide bonds. The lowest BCUT2D eigenvalue weighted by atomic mass is 10.0. The van der Waals surface area contributed by atoms with Crippen LogP contribution in [0.25, 0.3) is 11.0 Å². The largest absolute Gasteiger partial charge is 0.349 e. The van der Waals surface area contributed by atoms with Crippen LogP contribution in [0.15, 0.2) is 48.5 Å². The van der Waals surface area contributed by atoms with Gasteiger partial charge < -0.3 is 10.3 Å². The summed E-state index contributed by atoms with van der Waals surface area (Å²) < 4.78 is 0. The fraction of sp³-hybridized carbons (Fsp3) is 0.211. The highest BCUT2D eigenvalue weighted by atomic mass is 16.2. The van der Waals surface area contributed by atoms with Gasteiger partial charge in [-0.25, -0.2) is 4.98 Å². The molecule has 0 fully saturated rings. The quantitative estimate of drug-likeness (QED) is 0.669. The second-order valence-corrected chi connectivity index (χ2v) is 6.02. The molecular weight excluding hydrogens is 316 g/mol. The average Bonchev–Trinajstić information content (AvgIpc) is 2.96. The Morgan fingerprint density at radius 2 is 1.84 bits per heavy atom. The van der Waals surface area contributed by atoms with Crippen LogP contribution >= 0.6 is 0 Å². The van der Waals surface area contributed by atoms with Gasteiger partial charge in [0.05, 0.1) is 23.5 Å². The molecule has 25 heavy (non-hydrogen) atoms. The van der Waals surface area contributed by atoms with E-state index in [2.05, 4.69) is 20.6 Å². The summed E-state index contributed by atoms with van der Waals surface area (Å²) in [7, 11) is 0. The summed E-state index contributed by atoms with van der Waals surface area (Å²) in [4.78, 5) is 31.3. The number of hydrogen-bond donors (Lipinski definition) is 3. The third kappa shape index (κ3) is 4.23. The van der Waals surface area contributed by atoms with Crippen molar-refractivity contribution in [2.45, 2.75) is 26.3 Å². The maximum atomic E-state index is 12.4. The number of carbonyl (C=O) groups excluding carboxylic acids is 2. The number of benzene rings is 2. The van der Waals surface area contributed by atoms with E-state index >= 15 is 0 Å². The molecule has 6 heteroatoms. The number of rotatable bonds is 5. The van der Waals surface area contributed by atoms with Crippen molar-refractivity contribution in [3.8, 4) is 0 Å². The van der Waals surface area contributed by atoms with E-state index in [9.17, 15) is 9.59 Å². The predicted octanol–water partition coefficient (Wildman–Crippen LogP) is 3.08. The molecule has 1 heterocycles. The summed E-state index contributed by atoms with van der Waals surface area (Å²) in [6.45, 7) is 3.43. The number of aryl methyl sites for hydroxylation is 1. The third-order valence-corrected chi connectivity index (χ3v) is 3.89. The lowest BCUT2D eigenvalue weighted by Gasteiger charge is -2.18. The molecule has 0 saturated carbocycles. The molecule has 3 aromatic rings. The molecule has 0 radical (unpaired) electrons. The first-order chi connectivity index (χ1) is 12.0. The van der Waals surface area contributed by atoms with E-state index in [4.69, 9.17) is 0 Å². The van der Waals surface area contributed by atoms with E-state index in [1.165, 1.54) is 6.92 Å². The molecule has 3 N–H and O–H groups in total. The van der Waals surface area contributed by atoms with Gasteiger partial charge in [0.25, 0.3) is 0 Å². The van der Waals surface area contributed by atoms with Crippen molar-refractivity contribution in [3.63, 3.8) is 0 Å². The van der Waals surface area contributed by atoms with E-state index in [1.54, 1.807) is 0 Å². The number of nitrogens with one attached hydrogen (secondary N) is 3. The number of aromatic amines is 1. The maximum absolute atomic E-state index is 12.4. The van der Waals surface area contributed by atoms with Crippen LogP contribution in [0.5, 0.6) is 0 Å². The van der Waals surface area contributed by atoms with Gasteiger partial charge in [-0.3, -0.25) is 14.9 Å². The van der Waals surface area contributed by atoms with Crippen LogP contribution in [0.4, 0.5) is 5.95 Å². The Hall–Kier alpha value is -3.15. The average molecular weight is 336 g/mol. The summed E-state index contributed by atoms with van der Waals surface area (Å²) in [5.74, 6) is -0.00262. The molecule has 0 aliphatic heterocycles. The first-order valence-electron chi connectivity index (χ1n) is 8.09. The predicted molar refractivity (Wildman–Crippen MR) is 97.1 cm³/mol. The Kier molecular flexibility index (Phi) is 4.79. The number of para-hydroxylation sites is 2. The van der Waals surface area contributed by atoms with Crippen molar-refractivity contribution >= 4 is 28.8 Å². The van der Waals surface area contributed by atoms with Gasteiger partial charge in [-0.1, -0.05) is 42.0 Å². The summed E-state index contributed by atoms with van der Waals surface area (Å²) in [5.41, 5.74) is 3.65. The van der Waals surface area contributed by atoms with Crippen LogP contribution in [0.3, 0.4) is 0 Å². The number of imidazole rings is 1. The lowest BCUT2D eigenvalue weighted by molar-refractivity contribution is -0.120. The minimum Gasteiger partial charge on any atom is -0.349 e. The van der Waals surface area contributed by atoms with Gasteiger partial charge in [-0.2, -0.15) is 0 Å². The zero-order valence-electron chi connectivity index (χ0n) is 14.2. The molecule has 0 saturated heterocycles. The van der Waals surface area contributed by atoms with Crippen molar-refractivity contribution in [2.75, 3.05) is 5.32 Å². The van der Waals surface area contributed by atoms with Crippen molar-refractivity contribution in [2.24, 2.45) is 0 Å². The van der Waals surface area contributed by atoms with E-state index in [1.807, 2.05) is 55.5 Å². The first kappa shape index (κ1) is 16.7. The molecule has 0 bridgehead atoms. The van der Waals surface area contributed by atoms with Crippen molar-refractivity contribution < 1.29 is 9.59 Å². The Morgan fingerprint density at radius 3 is 2.52 bits per heavy atom. The fourth-order valence-corrected chi connectivity index (χ4v) is 2.68. The van der Waals surface area contributed by atoms with Gasteiger partial charge >= 0.3 is 0 Å². The van der Waals surface area contributed by atoms with Crippen LogP contribution in [-0.4, -0.2) is 21.8 Å². The molecule has 1 unspecified atom stereocenters. The second kappa shape index (κ2) is 7.17. The maximum Gasteiger partial charge on any atom is 0.229 e. The lowest BCUT2D eigenvalue weighted by Crippen LogP contribution is -2.29. The summed E-state index contributed by atoms with van der Waals surface area (Å²) >= 11 is 0. The Balaban J connectivity index is 1.72. The zero-order chi connectivity index (χ0) is 17.8. The number of anilines is 1. The SMILES string of the molecule is CC(=O)NC(CC(=O)Nc1nc2ccccc2[nH]1)c1ccc(C)cc1. The van der Waals surface area contributed by atoms with Gasteiger partial charge in [-0.15, -0.1) is 0 Å². The summed E-state index contributed by atoms with van der Waals surface area (Å²) in [5, 5.41) is 5.59. The van der Waals surface area contributed by atoms with E-state index < -0.39 is 0 Å². The molecule has 0 aliphatic rings. The van der Waals surface area contributed by atoms with E-state index in [0.717, 1.165) is 22.2 Å². The highest BCUT2D eigenvalue weighted by Crippen LogP contribution is 2.19. The normalized spacial score (nSPS) is 11.9.